The fraction of sp³-hybridized carbons (Fsp3) is 0.118. The van der Waals surface area contributed by atoms with Gasteiger partial charge in [-0.05, 0) is 35.4 Å². The lowest BCUT2D eigenvalue weighted by Gasteiger charge is -2.08. The summed E-state index contributed by atoms with van der Waals surface area (Å²) in [4.78, 5) is 12.6. The van der Waals surface area contributed by atoms with E-state index in [1.165, 1.54) is 12.1 Å². The molecule has 0 spiro atoms. The van der Waals surface area contributed by atoms with E-state index in [-0.39, 0.29) is 5.82 Å². The average molecular weight is 309 g/mol. The van der Waals surface area contributed by atoms with Crippen molar-refractivity contribution in [1.29, 1.82) is 0 Å². The van der Waals surface area contributed by atoms with Gasteiger partial charge in [-0.1, -0.05) is 18.2 Å². The van der Waals surface area contributed by atoms with Crippen molar-refractivity contribution >= 4 is 11.8 Å². The molecular weight excluding hydrogens is 293 g/mol. The highest BCUT2D eigenvalue weighted by atomic mass is 19.1. The number of pyridine rings is 1. The molecule has 2 heterocycles. The van der Waals surface area contributed by atoms with Crippen LogP contribution in [0.4, 0.5) is 16.2 Å². The second-order valence-corrected chi connectivity index (χ2v) is 4.96. The number of hydrogen-bond donors (Lipinski definition) is 2. The summed E-state index contributed by atoms with van der Waals surface area (Å²) in [5.74, 6) is 1.00. The van der Waals surface area contributed by atoms with Crippen LogP contribution >= 0.6 is 0 Å². The van der Waals surface area contributed by atoms with Gasteiger partial charge in [0, 0.05) is 31.7 Å². The van der Waals surface area contributed by atoms with Crippen LogP contribution in [-0.2, 0) is 13.1 Å². The van der Waals surface area contributed by atoms with Crippen LogP contribution in [0.15, 0.2) is 61.1 Å². The zero-order valence-corrected chi connectivity index (χ0v) is 12.4. The summed E-state index contributed by atoms with van der Waals surface area (Å²) in [5, 5.41) is 6.35. The number of anilines is 2. The lowest BCUT2D eigenvalue weighted by atomic mass is 10.2. The van der Waals surface area contributed by atoms with Crippen molar-refractivity contribution in [3.8, 4) is 0 Å². The quantitative estimate of drug-likeness (QED) is 0.732. The molecule has 0 bridgehead atoms. The molecule has 2 N–H and O–H groups in total. The Morgan fingerprint density at radius 1 is 0.870 bits per heavy atom. The van der Waals surface area contributed by atoms with E-state index in [1.54, 1.807) is 30.6 Å². The van der Waals surface area contributed by atoms with E-state index >= 15 is 0 Å². The smallest absolute Gasteiger partial charge is 0.224 e. The number of nitrogens with zero attached hydrogens (tertiary/aromatic N) is 3. The molecule has 0 fully saturated rings. The maximum absolute atomic E-state index is 12.9. The minimum absolute atomic E-state index is 0.244. The summed E-state index contributed by atoms with van der Waals surface area (Å²) >= 11 is 0. The van der Waals surface area contributed by atoms with Crippen LogP contribution < -0.4 is 10.6 Å². The molecule has 0 saturated heterocycles. The summed E-state index contributed by atoms with van der Waals surface area (Å²) in [6, 6.07) is 12.0. The third kappa shape index (κ3) is 4.47. The highest BCUT2D eigenvalue weighted by Crippen LogP contribution is 2.10. The molecule has 0 amide bonds. The van der Waals surface area contributed by atoms with Crippen molar-refractivity contribution in [2.24, 2.45) is 0 Å². The molecule has 0 aliphatic rings. The van der Waals surface area contributed by atoms with Gasteiger partial charge >= 0.3 is 0 Å². The normalized spacial score (nSPS) is 10.3. The van der Waals surface area contributed by atoms with E-state index in [9.17, 15) is 4.39 Å². The largest absolute Gasteiger partial charge is 0.366 e. The number of nitrogens with one attached hydrogen (secondary N) is 2. The predicted octanol–water partition coefficient (Wildman–Crippen LogP) is 3.23. The van der Waals surface area contributed by atoms with Crippen molar-refractivity contribution in [2.75, 3.05) is 10.6 Å². The number of rotatable bonds is 6. The Kier molecular flexibility index (Phi) is 4.73. The first-order valence-electron chi connectivity index (χ1n) is 7.24. The van der Waals surface area contributed by atoms with Crippen LogP contribution in [0.25, 0.3) is 0 Å². The van der Waals surface area contributed by atoms with E-state index in [1.807, 2.05) is 18.3 Å². The van der Waals surface area contributed by atoms with Gasteiger partial charge in [-0.3, -0.25) is 4.98 Å². The van der Waals surface area contributed by atoms with Crippen LogP contribution in [0, 0.1) is 5.82 Å². The zero-order valence-electron chi connectivity index (χ0n) is 12.4. The maximum Gasteiger partial charge on any atom is 0.224 e. The van der Waals surface area contributed by atoms with Crippen LogP contribution in [-0.4, -0.2) is 15.0 Å². The van der Waals surface area contributed by atoms with Crippen molar-refractivity contribution < 1.29 is 4.39 Å². The molecule has 0 atom stereocenters. The van der Waals surface area contributed by atoms with Crippen molar-refractivity contribution in [3.05, 3.63) is 78.0 Å². The van der Waals surface area contributed by atoms with Gasteiger partial charge in [-0.2, -0.15) is 4.98 Å². The fourth-order valence-electron chi connectivity index (χ4n) is 2.02. The second-order valence-electron chi connectivity index (χ2n) is 4.96. The van der Waals surface area contributed by atoms with Crippen LogP contribution in [0.1, 0.15) is 11.1 Å². The maximum atomic E-state index is 12.9. The van der Waals surface area contributed by atoms with Gasteiger partial charge in [0.1, 0.15) is 11.6 Å². The minimum atomic E-state index is -0.244. The van der Waals surface area contributed by atoms with Crippen molar-refractivity contribution in [3.63, 3.8) is 0 Å². The molecule has 116 valence electrons. The third-order valence-corrected chi connectivity index (χ3v) is 3.22. The number of hydrogen-bond acceptors (Lipinski definition) is 5. The first-order valence-corrected chi connectivity index (χ1v) is 7.24. The molecule has 6 heteroatoms. The van der Waals surface area contributed by atoms with Gasteiger partial charge in [0.2, 0.25) is 5.95 Å². The van der Waals surface area contributed by atoms with Crippen LogP contribution in [0.3, 0.4) is 0 Å². The molecule has 0 aliphatic carbocycles. The van der Waals surface area contributed by atoms with Crippen LogP contribution in [0.5, 0.6) is 0 Å². The SMILES string of the molecule is Fc1ccc(CNc2nccc(NCc3cccnc3)n2)cc1. The topological polar surface area (TPSA) is 62.7 Å². The molecule has 0 saturated carbocycles. The van der Waals surface area contributed by atoms with Gasteiger partial charge in [0.25, 0.3) is 0 Å². The second kappa shape index (κ2) is 7.31. The molecular formula is C17H16FN5. The number of halogens is 1. The van der Waals surface area contributed by atoms with Gasteiger partial charge in [0.05, 0.1) is 0 Å². The Hall–Kier alpha value is -3.02. The molecule has 3 rings (SSSR count). The van der Waals surface area contributed by atoms with Crippen molar-refractivity contribution in [1.82, 2.24) is 15.0 Å². The highest BCUT2D eigenvalue weighted by Gasteiger charge is 2.00. The molecule has 2 aromatic heterocycles. The summed E-state index contributed by atoms with van der Waals surface area (Å²) in [6.07, 6.45) is 5.24. The van der Waals surface area contributed by atoms with E-state index < -0.39 is 0 Å². The molecule has 0 aliphatic heterocycles. The Bertz CT molecular complexity index is 746. The Balaban J connectivity index is 1.57. The Labute approximate surface area is 133 Å². The highest BCUT2D eigenvalue weighted by molar-refractivity contribution is 5.40. The number of benzene rings is 1. The van der Waals surface area contributed by atoms with Gasteiger partial charge in [0.15, 0.2) is 0 Å². The molecule has 0 unspecified atom stereocenters. The van der Waals surface area contributed by atoms with Gasteiger partial charge < -0.3 is 10.6 Å². The van der Waals surface area contributed by atoms with Crippen LogP contribution in [0.2, 0.25) is 0 Å². The molecule has 3 aromatic rings. The van der Waals surface area contributed by atoms with Gasteiger partial charge in [-0.15, -0.1) is 0 Å². The fourth-order valence-corrected chi connectivity index (χ4v) is 2.02. The Morgan fingerprint density at radius 3 is 2.48 bits per heavy atom. The van der Waals surface area contributed by atoms with E-state index in [0.717, 1.165) is 16.9 Å². The molecule has 1 aromatic carbocycles. The first-order chi connectivity index (χ1) is 11.3. The average Bonchev–Trinajstić information content (AvgIpc) is 2.61. The van der Waals surface area contributed by atoms with Gasteiger partial charge in [-0.25, -0.2) is 9.37 Å². The summed E-state index contributed by atoms with van der Waals surface area (Å²) in [7, 11) is 0. The minimum Gasteiger partial charge on any atom is -0.366 e. The zero-order chi connectivity index (χ0) is 15.9. The molecule has 23 heavy (non-hydrogen) atoms. The monoisotopic (exact) mass is 309 g/mol. The summed E-state index contributed by atoms with van der Waals surface area (Å²) in [5.41, 5.74) is 2.04. The molecule has 0 radical (unpaired) electrons. The van der Waals surface area contributed by atoms with E-state index in [2.05, 4.69) is 25.6 Å². The first kappa shape index (κ1) is 14.9. The standard InChI is InChI=1S/C17H16FN5/c18-15-5-3-13(4-6-15)11-22-17-20-9-7-16(23-17)21-12-14-2-1-8-19-10-14/h1-10H,11-12H2,(H2,20,21,22,23). The number of aromatic nitrogens is 3. The lowest BCUT2D eigenvalue weighted by molar-refractivity contribution is 0.627. The predicted molar refractivity (Wildman–Crippen MR) is 87.3 cm³/mol. The summed E-state index contributed by atoms with van der Waals surface area (Å²) in [6.45, 7) is 1.18. The third-order valence-electron chi connectivity index (χ3n) is 3.22. The van der Waals surface area contributed by atoms with E-state index in [4.69, 9.17) is 0 Å². The molecule has 5 nitrogen and oxygen atoms in total. The summed E-state index contributed by atoms with van der Waals surface area (Å²) < 4.78 is 12.9. The van der Waals surface area contributed by atoms with E-state index in [0.29, 0.717) is 19.0 Å². The van der Waals surface area contributed by atoms with Crippen molar-refractivity contribution in [2.45, 2.75) is 13.1 Å². The lowest BCUT2D eigenvalue weighted by Crippen LogP contribution is -2.07. The Morgan fingerprint density at radius 2 is 1.70 bits per heavy atom.